The Labute approximate surface area is 242 Å². The molecule has 10 heteroatoms. The van der Waals surface area contributed by atoms with Crippen molar-refractivity contribution in [3.8, 4) is 22.8 Å². The van der Waals surface area contributed by atoms with E-state index < -0.39 is 0 Å². The van der Waals surface area contributed by atoms with E-state index >= 15 is 0 Å². The highest BCUT2D eigenvalue weighted by Gasteiger charge is 2.33. The molecule has 0 saturated carbocycles. The molecule has 0 bridgehead atoms. The van der Waals surface area contributed by atoms with Crippen molar-refractivity contribution in [2.24, 2.45) is 5.10 Å². The number of hydrazone groups is 1. The van der Waals surface area contributed by atoms with Crippen molar-refractivity contribution in [3.63, 3.8) is 0 Å². The van der Waals surface area contributed by atoms with Crippen LogP contribution in [0.5, 0.6) is 11.5 Å². The first-order valence-corrected chi connectivity index (χ1v) is 13.7. The van der Waals surface area contributed by atoms with Gasteiger partial charge in [0.25, 0.3) is 11.5 Å². The van der Waals surface area contributed by atoms with Gasteiger partial charge in [-0.1, -0.05) is 56.1 Å². The van der Waals surface area contributed by atoms with Crippen LogP contribution in [0.25, 0.3) is 11.3 Å². The summed E-state index contributed by atoms with van der Waals surface area (Å²) in [6.45, 7) is -0.260. The van der Waals surface area contributed by atoms with Crippen LogP contribution in [0.15, 0.2) is 97.7 Å². The number of aromatic nitrogens is 2. The molecular weight excluding hydrogens is 628 g/mol. The summed E-state index contributed by atoms with van der Waals surface area (Å²) in [6.07, 6.45) is 0.545. The van der Waals surface area contributed by atoms with E-state index in [1.807, 2.05) is 54.6 Å². The summed E-state index contributed by atoms with van der Waals surface area (Å²) in [7, 11) is 3.11. The minimum Gasteiger partial charge on any atom is -0.493 e. The number of hydrogen-bond acceptors (Lipinski definition) is 6. The normalized spacial score (nSPS) is 14.7. The van der Waals surface area contributed by atoms with Crippen LogP contribution in [-0.2, 0) is 11.3 Å². The molecule has 1 amide bonds. The highest BCUT2D eigenvalue weighted by Crippen LogP contribution is 2.34. The van der Waals surface area contributed by atoms with Gasteiger partial charge in [0.2, 0.25) is 0 Å². The summed E-state index contributed by atoms with van der Waals surface area (Å²) >= 11 is 6.94. The third kappa shape index (κ3) is 5.81. The molecule has 0 saturated heterocycles. The second-order valence-corrected chi connectivity index (χ2v) is 10.7. The van der Waals surface area contributed by atoms with Crippen LogP contribution in [0, 0.1) is 0 Å². The first-order chi connectivity index (χ1) is 18.9. The summed E-state index contributed by atoms with van der Waals surface area (Å²) in [5, 5.41) is 10.7. The Balaban J connectivity index is 1.46. The van der Waals surface area contributed by atoms with E-state index in [1.54, 1.807) is 32.4 Å². The maximum absolute atomic E-state index is 13.6. The summed E-state index contributed by atoms with van der Waals surface area (Å²) in [5.41, 5.74) is 3.53. The Morgan fingerprint density at radius 3 is 2.18 bits per heavy atom. The molecular formula is C29H24Br2N4O4. The van der Waals surface area contributed by atoms with E-state index in [9.17, 15) is 9.59 Å². The molecule has 1 aliphatic rings. The van der Waals surface area contributed by atoms with Crippen LogP contribution in [0.2, 0.25) is 0 Å². The van der Waals surface area contributed by atoms with Gasteiger partial charge in [-0.15, -0.1) is 0 Å². The Morgan fingerprint density at radius 2 is 1.51 bits per heavy atom. The first kappa shape index (κ1) is 26.8. The fourth-order valence-corrected chi connectivity index (χ4v) is 4.94. The van der Waals surface area contributed by atoms with Gasteiger partial charge in [0.1, 0.15) is 6.54 Å². The number of nitrogens with zero attached hydrogens (tertiary/aromatic N) is 4. The van der Waals surface area contributed by atoms with Crippen molar-refractivity contribution in [2.75, 3.05) is 14.2 Å². The molecule has 0 spiro atoms. The molecule has 0 radical (unpaired) electrons. The molecule has 0 N–H and O–H groups in total. The largest absolute Gasteiger partial charge is 0.493 e. The molecule has 0 fully saturated rings. The number of halogens is 2. The van der Waals surface area contributed by atoms with Crippen LogP contribution in [0.4, 0.5) is 0 Å². The third-order valence-electron chi connectivity index (χ3n) is 6.43. The maximum atomic E-state index is 13.6. The quantitative estimate of drug-likeness (QED) is 0.251. The second-order valence-electron chi connectivity index (χ2n) is 8.85. The lowest BCUT2D eigenvalue weighted by molar-refractivity contribution is -0.133. The van der Waals surface area contributed by atoms with E-state index in [4.69, 9.17) is 14.6 Å². The van der Waals surface area contributed by atoms with E-state index in [0.717, 1.165) is 31.3 Å². The average Bonchev–Trinajstić information content (AvgIpc) is 3.40. The zero-order valence-corrected chi connectivity index (χ0v) is 24.3. The van der Waals surface area contributed by atoms with Gasteiger partial charge >= 0.3 is 0 Å². The van der Waals surface area contributed by atoms with Gasteiger partial charge in [0.15, 0.2) is 11.5 Å². The van der Waals surface area contributed by atoms with Gasteiger partial charge in [-0.2, -0.15) is 10.2 Å². The van der Waals surface area contributed by atoms with Gasteiger partial charge in [-0.3, -0.25) is 9.59 Å². The summed E-state index contributed by atoms with van der Waals surface area (Å²) < 4.78 is 13.8. The Morgan fingerprint density at radius 1 is 0.872 bits per heavy atom. The van der Waals surface area contributed by atoms with E-state index in [2.05, 4.69) is 37.0 Å². The molecule has 1 atom stereocenters. The predicted molar refractivity (Wildman–Crippen MR) is 156 cm³/mol. The maximum Gasteiger partial charge on any atom is 0.267 e. The van der Waals surface area contributed by atoms with E-state index in [1.165, 1.54) is 15.8 Å². The monoisotopic (exact) mass is 650 g/mol. The van der Waals surface area contributed by atoms with Gasteiger partial charge in [-0.25, -0.2) is 9.69 Å². The number of methoxy groups -OCH3 is 2. The SMILES string of the molecule is COc1ccc(-c2ccc(=O)n(CC(=O)N3N=C(c4ccc(Br)cc4)CC3c3ccc(Br)cc3)n2)cc1OC. The minimum atomic E-state index is -0.385. The number of amides is 1. The van der Waals surface area contributed by atoms with Crippen LogP contribution in [0.3, 0.4) is 0 Å². The van der Waals surface area contributed by atoms with Crippen LogP contribution in [-0.4, -0.2) is 40.6 Å². The number of hydrogen-bond donors (Lipinski definition) is 0. The minimum absolute atomic E-state index is 0.260. The van der Waals surface area contributed by atoms with Gasteiger partial charge in [0, 0.05) is 27.0 Å². The molecule has 5 rings (SSSR count). The Hall–Kier alpha value is -3.76. The average molecular weight is 652 g/mol. The topological polar surface area (TPSA) is 86.0 Å². The number of carbonyl (C=O) groups is 1. The third-order valence-corrected chi connectivity index (χ3v) is 7.49. The van der Waals surface area contributed by atoms with Gasteiger partial charge in [0.05, 0.1) is 31.7 Å². The van der Waals surface area contributed by atoms with Crippen molar-refractivity contribution in [1.82, 2.24) is 14.8 Å². The smallest absolute Gasteiger partial charge is 0.267 e. The molecule has 198 valence electrons. The molecule has 3 aromatic carbocycles. The predicted octanol–water partition coefficient (Wildman–Crippen LogP) is 5.83. The fourth-order valence-electron chi connectivity index (χ4n) is 4.41. The van der Waals surface area contributed by atoms with Crippen molar-refractivity contribution in [3.05, 3.63) is 109 Å². The second kappa shape index (κ2) is 11.5. The summed E-state index contributed by atoms with van der Waals surface area (Å²) in [5.74, 6) is 0.779. The van der Waals surface area contributed by atoms with Crippen LogP contribution < -0.4 is 15.0 Å². The van der Waals surface area contributed by atoms with Crippen LogP contribution >= 0.6 is 31.9 Å². The summed E-state index contributed by atoms with van der Waals surface area (Å²) in [4.78, 5) is 26.4. The van der Waals surface area contributed by atoms with Crippen LogP contribution in [0.1, 0.15) is 23.6 Å². The van der Waals surface area contributed by atoms with E-state index in [0.29, 0.717) is 23.6 Å². The van der Waals surface area contributed by atoms with Crippen molar-refractivity contribution < 1.29 is 14.3 Å². The molecule has 1 aromatic heterocycles. The van der Waals surface area contributed by atoms with Crippen molar-refractivity contribution in [2.45, 2.75) is 19.0 Å². The lowest BCUT2D eigenvalue weighted by atomic mass is 9.98. The standard InChI is InChI=1S/C29H24Br2N4O4/c1-38-26-13-7-20(15-27(26)39-2)23-12-14-28(36)34(32-23)17-29(37)35-25(19-5-10-22(31)11-6-19)16-24(33-35)18-3-8-21(30)9-4-18/h3-15,25H,16-17H2,1-2H3. The first-order valence-electron chi connectivity index (χ1n) is 12.1. The van der Waals surface area contributed by atoms with Crippen molar-refractivity contribution >= 4 is 43.5 Å². The van der Waals surface area contributed by atoms with Gasteiger partial charge in [-0.05, 0) is 59.7 Å². The highest BCUT2D eigenvalue weighted by molar-refractivity contribution is 9.10. The molecule has 2 heterocycles. The molecule has 0 aliphatic carbocycles. The number of carbonyl (C=O) groups excluding carboxylic acids is 1. The lowest BCUT2D eigenvalue weighted by Gasteiger charge is -2.22. The van der Waals surface area contributed by atoms with E-state index in [-0.39, 0.29) is 24.1 Å². The summed E-state index contributed by atoms with van der Waals surface area (Å²) in [6, 6.07) is 23.7. The fraction of sp³-hybridized carbons (Fsp3) is 0.172. The number of ether oxygens (including phenoxy) is 2. The van der Waals surface area contributed by atoms with Crippen molar-refractivity contribution in [1.29, 1.82) is 0 Å². The molecule has 4 aromatic rings. The Kier molecular flexibility index (Phi) is 7.94. The lowest BCUT2D eigenvalue weighted by Crippen LogP contribution is -2.34. The molecule has 1 aliphatic heterocycles. The molecule has 39 heavy (non-hydrogen) atoms. The number of rotatable bonds is 7. The highest BCUT2D eigenvalue weighted by atomic mass is 79.9. The Bertz CT molecular complexity index is 1600. The van der Waals surface area contributed by atoms with Gasteiger partial charge < -0.3 is 9.47 Å². The number of benzene rings is 3. The molecule has 1 unspecified atom stereocenters. The molecule has 8 nitrogen and oxygen atoms in total. The zero-order valence-electron chi connectivity index (χ0n) is 21.2. The zero-order chi connectivity index (χ0) is 27.5.